The van der Waals surface area contributed by atoms with Crippen LogP contribution in [-0.2, 0) is 0 Å². The van der Waals surface area contributed by atoms with Crippen molar-refractivity contribution in [1.82, 2.24) is 4.90 Å². The summed E-state index contributed by atoms with van der Waals surface area (Å²) in [5.41, 5.74) is 5.38. The van der Waals surface area contributed by atoms with Crippen LogP contribution in [0.25, 0.3) is 0 Å². The quantitative estimate of drug-likeness (QED) is 0.499. The Morgan fingerprint density at radius 2 is 2.44 bits per heavy atom. The molecular formula is C6H12N2O. The van der Waals surface area contributed by atoms with Crippen molar-refractivity contribution in [3.8, 4) is 0 Å². The Hall–Kier alpha value is -0.700. The predicted molar refractivity (Wildman–Crippen MR) is 35.5 cm³/mol. The standard InChI is InChI=1S/C6H12N2O/c1-5(7)8-3-2-6(9)4-8/h6,9H,1-4,7H2. The second kappa shape index (κ2) is 2.27. The van der Waals surface area contributed by atoms with Gasteiger partial charge in [-0.25, -0.2) is 0 Å². The largest absolute Gasteiger partial charge is 0.391 e. The summed E-state index contributed by atoms with van der Waals surface area (Å²) >= 11 is 0. The van der Waals surface area contributed by atoms with Crippen LogP contribution >= 0.6 is 0 Å². The highest BCUT2D eigenvalue weighted by Crippen LogP contribution is 2.10. The molecule has 0 aromatic rings. The van der Waals surface area contributed by atoms with Gasteiger partial charge in [0, 0.05) is 13.1 Å². The topological polar surface area (TPSA) is 49.5 Å². The summed E-state index contributed by atoms with van der Waals surface area (Å²) in [6.45, 7) is 5.06. The number of β-amino-alcohol motifs (C(OH)–C–C–N with tert-alkyl or cyclic N) is 1. The van der Waals surface area contributed by atoms with Gasteiger partial charge in [0.25, 0.3) is 0 Å². The van der Waals surface area contributed by atoms with Crippen molar-refractivity contribution in [1.29, 1.82) is 0 Å². The molecule has 0 amide bonds. The number of nitrogens with zero attached hydrogens (tertiary/aromatic N) is 1. The Morgan fingerprint density at radius 3 is 2.67 bits per heavy atom. The number of likely N-dealkylation sites (tertiary alicyclic amines) is 1. The molecule has 1 aliphatic heterocycles. The highest BCUT2D eigenvalue weighted by Gasteiger charge is 2.19. The Bertz CT molecular complexity index is 124. The van der Waals surface area contributed by atoms with Crippen LogP contribution in [0.4, 0.5) is 0 Å². The van der Waals surface area contributed by atoms with Gasteiger partial charge < -0.3 is 15.7 Å². The van der Waals surface area contributed by atoms with Gasteiger partial charge in [0.15, 0.2) is 0 Å². The highest BCUT2D eigenvalue weighted by atomic mass is 16.3. The molecule has 0 bridgehead atoms. The van der Waals surface area contributed by atoms with E-state index in [1.807, 2.05) is 4.90 Å². The van der Waals surface area contributed by atoms with Crippen LogP contribution in [0.1, 0.15) is 6.42 Å². The molecule has 0 radical (unpaired) electrons. The summed E-state index contributed by atoms with van der Waals surface area (Å²) < 4.78 is 0. The Morgan fingerprint density at radius 1 is 1.78 bits per heavy atom. The molecule has 3 nitrogen and oxygen atoms in total. The fraction of sp³-hybridized carbons (Fsp3) is 0.667. The van der Waals surface area contributed by atoms with E-state index in [0.29, 0.717) is 12.4 Å². The molecular weight excluding hydrogens is 116 g/mol. The molecule has 1 rings (SSSR count). The zero-order chi connectivity index (χ0) is 6.85. The van der Waals surface area contributed by atoms with Crippen LogP contribution in [0.3, 0.4) is 0 Å². The first kappa shape index (κ1) is 6.42. The zero-order valence-electron chi connectivity index (χ0n) is 5.38. The third kappa shape index (κ3) is 1.36. The predicted octanol–water partition coefficient (Wildman–Crippen LogP) is -0.517. The average Bonchev–Trinajstić information content (AvgIpc) is 2.14. The van der Waals surface area contributed by atoms with Crippen molar-refractivity contribution < 1.29 is 5.11 Å². The molecule has 0 saturated carbocycles. The SMILES string of the molecule is C=C(N)N1CCC(O)C1. The molecule has 3 N–H and O–H groups in total. The number of rotatable bonds is 1. The van der Waals surface area contributed by atoms with Crippen LogP contribution in [0.5, 0.6) is 0 Å². The minimum absolute atomic E-state index is 0.203. The first-order valence-corrected chi connectivity index (χ1v) is 3.07. The summed E-state index contributed by atoms with van der Waals surface area (Å²) in [4.78, 5) is 1.88. The fourth-order valence-corrected chi connectivity index (χ4v) is 1.00. The smallest absolute Gasteiger partial charge is 0.0913 e. The third-order valence-corrected chi connectivity index (χ3v) is 1.57. The number of aliphatic hydroxyl groups is 1. The lowest BCUT2D eigenvalue weighted by Gasteiger charge is -2.15. The average molecular weight is 128 g/mol. The molecule has 0 aliphatic carbocycles. The number of hydrogen-bond donors (Lipinski definition) is 2. The van der Waals surface area contributed by atoms with Gasteiger partial charge in [-0.05, 0) is 6.42 Å². The highest BCUT2D eigenvalue weighted by molar-refractivity contribution is 4.91. The molecule has 52 valence electrons. The van der Waals surface area contributed by atoms with E-state index in [0.717, 1.165) is 13.0 Å². The van der Waals surface area contributed by atoms with Crippen LogP contribution in [-0.4, -0.2) is 29.2 Å². The summed E-state index contributed by atoms with van der Waals surface area (Å²) in [7, 11) is 0. The van der Waals surface area contributed by atoms with E-state index in [4.69, 9.17) is 10.8 Å². The van der Waals surface area contributed by atoms with Gasteiger partial charge in [-0.1, -0.05) is 6.58 Å². The molecule has 1 heterocycles. The normalized spacial score (nSPS) is 26.8. The molecule has 0 aromatic carbocycles. The summed E-state index contributed by atoms with van der Waals surface area (Å²) in [5, 5.41) is 9.01. The van der Waals surface area contributed by atoms with Gasteiger partial charge in [0.1, 0.15) is 0 Å². The molecule has 0 aromatic heterocycles. The van der Waals surface area contributed by atoms with E-state index in [1.165, 1.54) is 0 Å². The number of hydrogen-bond acceptors (Lipinski definition) is 3. The monoisotopic (exact) mass is 128 g/mol. The van der Waals surface area contributed by atoms with Crippen molar-refractivity contribution >= 4 is 0 Å². The van der Waals surface area contributed by atoms with E-state index in [1.54, 1.807) is 0 Å². The van der Waals surface area contributed by atoms with Gasteiger partial charge in [0.05, 0.1) is 11.9 Å². The van der Waals surface area contributed by atoms with Crippen molar-refractivity contribution in [2.45, 2.75) is 12.5 Å². The maximum Gasteiger partial charge on any atom is 0.0913 e. The molecule has 0 spiro atoms. The molecule has 1 fully saturated rings. The second-order valence-corrected chi connectivity index (χ2v) is 2.38. The number of nitrogens with two attached hydrogens (primary N) is 1. The molecule has 1 atom stereocenters. The van der Waals surface area contributed by atoms with Gasteiger partial charge in [-0.3, -0.25) is 0 Å². The molecule has 3 heteroatoms. The maximum absolute atomic E-state index is 9.01. The van der Waals surface area contributed by atoms with Crippen molar-refractivity contribution in [3.05, 3.63) is 12.4 Å². The van der Waals surface area contributed by atoms with E-state index < -0.39 is 0 Å². The zero-order valence-corrected chi connectivity index (χ0v) is 5.38. The van der Waals surface area contributed by atoms with Gasteiger partial charge in [0.2, 0.25) is 0 Å². The Kier molecular flexibility index (Phi) is 1.62. The number of aliphatic hydroxyl groups excluding tert-OH is 1. The van der Waals surface area contributed by atoms with E-state index in [2.05, 4.69) is 6.58 Å². The second-order valence-electron chi connectivity index (χ2n) is 2.38. The minimum atomic E-state index is -0.203. The van der Waals surface area contributed by atoms with E-state index >= 15 is 0 Å². The molecule has 1 unspecified atom stereocenters. The van der Waals surface area contributed by atoms with Gasteiger partial charge in [-0.15, -0.1) is 0 Å². The van der Waals surface area contributed by atoms with Crippen molar-refractivity contribution in [2.75, 3.05) is 13.1 Å². The molecule has 1 saturated heterocycles. The lowest BCUT2D eigenvalue weighted by Crippen LogP contribution is -2.25. The molecule has 9 heavy (non-hydrogen) atoms. The lowest BCUT2D eigenvalue weighted by atomic mass is 10.3. The van der Waals surface area contributed by atoms with Crippen LogP contribution in [0.15, 0.2) is 12.4 Å². The van der Waals surface area contributed by atoms with Gasteiger partial charge in [-0.2, -0.15) is 0 Å². The third-order valence-electron chi connectivity index (χ3n) is 1.57. The van der Waals surface area contributed by atoms with Crippen LogP contribution < -0.4 is 5.73 Å². The minimum Gasteiger partial charge on any atom is -0.391 e. The summed E-state index contributed by atoms with van der Waals surface area (Å²) in [6, 6.07) is 0. The first-order chi connectivity index (χ1) is 4.20. The lowest BCUT2D eigenvalue weighted by molar-refractivity contribution is 0.183. The first-order valence-electron chi connectivity index (χ1n) is 3.07. The van der Waals surface area contributed by atoms with Crippen molar-refractivity contribution in [3.63, 3.8) is 0 Å². The maximum atomic E-state index is 9.01. The van der Waals surface area contributed by atoms with Crippen LogP contribution in [0.2, 0.25) is 0 Å². The Balaban J connectivity index is 2.39. The Labute approximate surface area is 54.8 Å². The summed E-state index contributed by atoms with van der Waals surface area (Å²) in [5.74, 6) is 0.562. The van der Waals surface area contributed by atoms with E-state index in [-0.39, 0.29) is 6.10 Å². The van der Waals surface area contributed by atoms with Gasteiger partial charge >= 0.3 is 0 Å². The molecule has 1 aliphatic rings. The van der Waals surface area contributed by atoms with Crippen LogP contribution in [0, 0.1) is 0 Å². The fourth-order valence-electron chi connectivity index (χ4n) is 1.00. The van der Waals surface area contributed by atoms with E-state index in [9.17, 15) is 0 Å². The summed E-state index contributed by atoms with van der Waals surface area (Å²) in [6.07, 6.45) is 0.612. The van der Waals surface area contributed by atoms with Crippen molar-refractivity contribution in [2.24, 2.45) is 5.73 Å².